The average Bonchev–Trinajstić information content (AvgIpc) is 3.99. The third-order valence-electron chi connectivity index (χ3n) is 11.2. The number of carbonyl (C=O) groups is 4. The summed E-state index contributed by atoms with van der Waals surface area (Å²) < 4.78 is 6.07. The molecule has 15 heteroatoms. The zero-order valence-electron chi connectivity index (χ0n) is 30.5. The van der Waals surface area contributed by atoms with Gasteiger partial charge in [0, 0.05) is 27.7 Å². The van der Waals surface area contributed by atoms with E-state index in [0.717, 1.165) is 76.8 Å². The van der Waals surface area contributed by atoms with E-state index in [9.17, 15) is 34.5 Å². The van der Waals surface area contributed by atoms with Gasteiger partial charge >= 0.3 is 17.9 Å². The molecule has 3 aliphatic rings. The maximum Gasteiger partial charge on any atom is 0.307 e. The maximum atomic E-state index is 13.9. The summed E-state index contributed by atoms with van der Waals surface area (Å²) in [5, 5.41) is 45.5. The van der Waals surface area contributed by atoms with Crippen molar-refractivity contribution in [2.24, 2.45) is 35.5 Å². The molecule has 0 unspecified atom stereocenters. The summed E-state index contributed by atoms with van der Waals surface area (Å²) >= 11 is 4.59. The molecule has 6 atom stereocenters. The minimum absolute atomic E-state index is 0.0649. The van der Waals surface area contributed by atoms with Gasteiger partial charge in [-0.05, 0) is 147 Å². The SMILES string of the molecule is O=C(O)[C@@H](Cc1cc(COCCN(Cc2csc(C[C@H](C(=O)O)[C@H]3CCNC3)c2)C(=O)Cc2csc(C[C@H](C(=O)O)[C@H]3CCNC3)c2)cs1)[C@H]1CCNC1. The molecular weight excluding hydrogens is 749 g/mol. The lowest BCUT2D eigenvalue weighted by atomic mass is 9.88. The van der Waals surface area contributed by atoms with Gasteiger partial charge in [0.25, 0.3) is 0 Å². The van der Waals surface area contributed by atoms with E-state index in [1.165, 1.54) is 22.7 Å². The molecule has 3 aliphatic heterocycles. The van der Waals surface area contributed by atoms with Crippen molar-refractivity contribution < 1.29 is 39.2 Å². The van der Waals surface area contributed by atoms with Crippen LogP contribution in [-0.4, -0.2) is 96.5 Å². The fraction of sp³-hybridized carbons (Fsp3) is 0.590. The normalized spacial score (nSPS) is 21.6. The number of thiophene rings is 3. The molecule has 6 heterocycles. The minimum atomic E-state index is -0.782. The molecule has 3 aromatic heterocycles. The highest BCUT2D eigenvalue weighted by Crippen LogP contribution is 2.30. The number of carboxylic acid groups (broad SMARTS) is 3. The largest absolute Gasteiger partial charge is 0.481 e. The molecule has 6 N–H and O–H groups in total. The molecule has 3 aromatic rings. The lowest BCUT2D eigenvalue weighted by molar-refractivity contribution is -0.144. The van der Waals surface area contributed by atoms with Crippen molar-refractivity contribution in [3.05, 3.63) is 65.7 Å². The first-order valence-electron chi connectivity index (χ1n) is 19.0. The van der Waals surface area contributed by atoms with E-state index in [2.05, 4.69) is 16.0 Å². The molecule has 0 aromatic carbocycles. The van der Waals surface area contributed by atoms with Crippen LogP contribution in [0.2, 0.25) is 0 Å². The molecule has 3 fully saturated rings. The minimum Gasteiger partial charge on any atom is -0.481 e. The lowest BCUT2D eigenvalue weighted by Gasteiger charge is -2.22. The number of hydrogen-bond donors (Lipinski definition) is 6. The summed E-state index contributed by atoms with van der Waals surface area (Å²) in [6.07, 6.45) is 4.16. The second-order valence-electron chi connectivity index (χ2n) is 15.0. The number of ether oxygens (including phenoxy) is 1. The van der Waals surface area contributed by atoms with Gasteiger partial charge in [0.05, 0.1) is 37.4 Å². The summed E-state index contributed by atoms with van der Waals surface area (Å²) in [5.41, 5.74) is 2.79. The predicted molar refractivity (Wildman–Crippen MR) is 209 cm³/mol. The quantitative estimate of drug-likeness (QED) is 0.0851. The number of carboxylic acids is 3. The topological polar surface area (TPSA) is 178 Å². The molecule has 0 spiro atoms. The van der Waals surface area contributed by atoms with Crippen LogP contribution in [0.25, 0.3) is 0 Å². The third-order valence-corrected chi connectivity index (χ3v) is 14.2. The van der Waals surface area contributed by atoms with E-state index < -0.39 is 35.7 Å². The number of rotatable bonds is 21. The van der Waals surface area contributed by atoms with Gasteiger partial charge in [0.15, 0.2) is 0 Å². The Kier molecular flexibility index (Phi) is 14.7. The van der Waals surface area contributed by atoms with Gasteiger partial charge < -0.3 is 40.9 Å². The van der Waals surface area contributed by atoms with Crippen molar-refractivity contribution in [2.75, 3.05) is 52.4 Å². The number of hydrogen-bond acceptors (Lipinski definition) is 11. The second-order valence-corrected chi connectivity index (χ2v) is 18.0. The first-order chi connectivity index (χ1) is 26.1. The Morgan fingerprint density at radius 3 is 1.54 bits per heavy atom. The Labute approximate surface area is 328 Å². The van der Waals surface area contributed by atoms with Gasteiger partial charge in [-0.3, -0.25) is 19.2 Å². The van der Waals surface area contributed by atoms with Crippen molar-refractivity contribution in [1.82, 2.24) is 20.9 Å². The highest BCUT2D eigenvalue weighted by molar-refractivity contribution is 7.10. The van der Waals surface area contributed by atoms with E-state index >= 15 is 0 Å². The monoisotopic (exact) mass is 800 g/mol. The fourth-order valence-electron chi connectivity index (χ4n) is 8.09. The molecule has 294 valence electrons. The van der Waals surface area contributed by atoms with Gasteiger partial charge in [-0.2, -0.15) is 0 Å². The van der Waals surface area contributed by atoms with Crippen LogP contribution < -0.4 is 16.0 Å². The van der Waals surface area contributed by atoms with Crippen molar-refractivity contribution in [1.29, 1.82) is 0 Å². The van der Waals surface area contributed by atoms with Crippen LogP contribution in [0, 0.1) is 35.5 Å². The van der Waals surface area contributed by atoms with Gasteiger partial charge in [-0.1, -0.05) is 0 Å². The lowest BCUT2D eigenvalue weighted by Crippen LogP contribution is -2.34. The third kappa shape index (κ3) is 11.2. The maximum absolute atomic E-state index is 13.9. The van der Waals surface area contributed by atoms with E-state index in [-0.39, 0.29) is 30.1 Å². The van der Waals surface area contributed by atoms with Crippen molar-refractivity contribution in [3.63, 3.8) is 0 Å². The zero-order valence-corrected chi connectivity index (χ0v) is 33.0. The van der Waals surface area contributed by atoms with Crippen LogP contribution in [-0.2, 0) is 62.7 Å². The van der Waals surface area contributed by atoms with Crippen molar-refractivity contribution in [2.45, 2.75) is 58.1 Å². The van der Waals surface area contributed by atoms with Gasteiger partial charge in [-0.15, -0.1) is 34.0 Å². The molecule has 6 rings (SSSR count). The molecule has 0 radical (unpaired) electrons. The summed E-state index contributed by atoms with van der Waals surface area (Å²) in [6.45, 7) is 6.06. The standard InChI is InChI=1S/C39H52N4O8S3/c44-36(12-24-9-30(52-21-24)13-33(37(45)46)27-1-4-40-16-27)43(19-25-10-31(53-22-25)14-34(38(47)48)28-2-5-41-17-28)7-8-51-20-26-11-32(54-23-26)15-35(39(49)50)29-3-6-42-18-29/h9-11,21-23,27-29,33-35,40-42H,1-8,12-20H2,(H,45,46)(H,47,48)(H,49,50)/t27-,28-,29-,33-,34-,35-/m0/s1. The Hall–Kier alpha value is -3.18. The zero-order chi connectivity index (χ0) is 38.0. The molecular formula is C39H52N4O8S3. The van der Waals surface area contributed by atoms with Crippen LogP contribution >= 0.6 is 34.0 Å². The Morgan fingerprint density at radius 1 is 0.667 bits per heavy atom. The smallest absolute Gasteiger partial charge is 0.307 e. The van der Waals surface area contributed by atoms with Crippen LogP contribution in [0.5, 0.6) is 0 Å². The molecule has 0 saturated carbocycles. The molecule has 3 saturated heterocycles. The fourth-order valence-corrected chi connectivity index (χ4v) is 10.9. The van der Waals surface area contributed by atoms with Gasteiger partial charge in [0.2, 0.25) is 5.91 Å². The molecule has 0 bridgehead atoms. The second kappa shape index (κ2) is 19.6. The molecule has 0 aliphatic carbocycles. The van der Waals surface area contributed by atoms with Gasteiger partial charge in [0.1, 0.15) is 0 Å². The van der Waals surface area contributed by atoms with Crippen LogP contribution in [0.4, 0.5) is 0 Å². The van der Waals surface area contributed by atoms with Crippen molar-refractivity contribution in [3.8, 4) is 0 Å². The molecule has 1 amide bonds. The number of amides is 1. The van der Waals surface area contributed by atoms with E-state index in [4.69, 9.17) is 4.74 Å². The van der Waals surface area contributed by atoms with Gasteiger partial charge in [-0.25, -0.2) is 0 Å². The Morgan fingerprint density at radius 2 is 1.09 bits per heavy atom. The van der Waals surface area contributed by atoms with E-state index in [1.807, 2.05) is 34.3 Å². The van der Waals surface area contributed by atoms with Crippen LogP contribution in [0.1, 0.15) is 50.6 Å². The Bertz CT molecular complexity index is 1710. The number of carbonyl (C=O) groups excluding carboxylic acids is 1. The first kappa shape index (κ1) is 40.5. The summed E-state index contributed by atoms with van der Waals surface area (Å²) in [4.78, 5) is 54.9. The highest BCUT2D eigenvalue weighted by Gasteiger charge is 2.33. The average molecular weight is 801 g/mol. The number of aliphatic carboxylic acids is 3. The van der Waals surface area contributed by atoms with E-state index in [0.29, 0.717) is 58.7 Å². The molecule has 12 nitrogen and oxygen atoms in total. The predicted octanol–water partition coefficient (Wildman–Crippen LogP) is 4.22. The summed E-state index contributed by atoms with van der Waals surface area (Å²) in [6, 6.07) is 6.02. The molecule has 54 heavy (non-hydrogen) atoms. The summed E-state index contributed by atoms with van der Waals surface area (Å²) in [5.74, 6) is -3.38. The highest BCUT2D eigenvalue weighted by atomic mass is 32.1. The first-order valence-corrected chi connectivity index (χ1v) is 21.6. The number of nitrogens with zero attached hydrogens (tertiary/aromatic N) is 1. The van der Waals surface area contributed by atoms with E-state index in [1.54, 1.807) is 16.2 Å². The summed E-state index contributed by atoms with van der Waals surface area (Å²) in [7, 11) is 0. The Balaban J connectivity index is 1.07. The number of nitrogens with one attached hydrogen (secondary N) is 3. The van der Waals surface area contributed by atoms with Crippen LogP contribution in [0.15, 0.2) is 34.3 Å². The van der Waals surface area contributed by atoms with Crippen LogP contribution in [0.3, 0.4) is 0 Å². The van der Waals surface area contributed by atoms with Crippen molar-refractivity contribution >= 4 is 57.8 Å².